The maximum Gasteiger partial charge on any atom is 0.141 e. The third-order valence-corrected chi connectivity index (χ3v) is 2.69. The zero-order valence-electron chi connectivity index (χ0n) is 9.74. The van der Waals surface area contributed by atoms with Crippen LogP contribution in [-0.4, -0.2) is 9.97 Å². The molecule has 92 valence electrons. The summed E-state index contributed by atoms with van der Waals surface area (Å²) in [5.41, 5.74) is 1.13. The average Bonchev–Trinajstić information content (AvgIpc) is 2.85. The van der Waals surface area contributed by atoms with Gasteiger partial charge in [0.15, 0.2) is 0 Å². The molecule has 0 amide bonds. The van der Waals surface area contributed by atoms with Crippen molar-refractivity contribution < 1.29 is 8.78 Å². The molecule has 0 fully saturated rings. The Kier molecular flexibility index (Phi) is 2.73. The molecule has 1 N–H and O–H groups in total. The van der Waals surface area contributed by atoms with Crippen molar-refractivity contribution in [2.24, 2.45) is 0 Å². The molecular formula is C15H8F2N2. The zero-order valence-corrected chi connectivity index (χ0v) is 9.74. The lowest BCUT2D eigenvalue weighted by molar-refractivity contribution is 0.577. The molecule has 0 aliphatic rings. The van der Waals surface area contributed by atoms with Gasteiger partial charge in [-0.1, -0.05) is 17.9 Å². The van der Waals surface area contributed by atoms with E-state index in [0.29, 0.717) is 5.56 Å². The van der Waals surface area contributed by atoms with Crippen LogP contribution in [-0.2, 0) is 0 Å². The molecule has 0 spiro atoms. The van der Waals surface area contributed by atoms with Crippen LogP contribution < -0.4 is 0 Å². The summed E-state index contributed by atoms with van der Waals surface area (Å²) >= 11 is 0. The Morgan fingerprint density at radius 1 is 1.05 bits per heavy atom. The largest absolute Gasteiger partial charge is 0.346 e. The molecule has 2 nitrogen and oxygen atoms in total. The van der Waals surface area contributed by atoms with Crippen LogP contribution in [0.4, 0.5) is 8.78 Å². The fourth-order valence-electron chi connectivity index (χ4n) is 1.76. The van der Waals surface area contributed by atoms with E-state index in [1.165, 1.54) is 18.2 Å². The molecule has 0 aliphatic heterocycles. The topological polar surface area (TPSA) is 28.7 Å². The molecule has 2 aromatic heterocycles. The van der Waals surface area contributed by atoms with Crippen molar-refractivity contribution in [3.05, 3.63) is 65.5 Å². The van der Waals surface area contributed by atoms with Gasteiger partial charge in [-0.3, -0.25) is 0 Å². The first-order valence-corrected chi connectivity index (χ1v) is 5.63. The highest BCUT2D eigenvalue weighted by Crippen LogP contribution is 2.12. The maximum absolute atomic E-state index is 13.4. The lowest BCUT2D eigenvalue weighted by Crippen LogP contribution is -1.89. The number of H-pyrrole nitrogens is 1. The highest BCUT2D eigenvalue weighted by Gasteiger charge is 2.04. The quantitative estimate of drug-likeness (QED) is 0.613. The second-order valence-corrected chi connectivity index (χ2v) is 3.99. The molecule has 0 saturated carbocycles. The van der Waals surface area contributed by atoms with Gasteiger partial charge >= 0.3 is 0 Å². The molecular weight excluding hydrogens is 246 g/mol. The highest BCUT2D eigenvalue weighted by molar-refractivity contribution is 5.76. The Morgan fingerprint density at radius 2 is 1.84 bits per heavy atom. The van der Waals surface area contributed by atoms with Gasteiger partial charge in [0.1, 0.15) is 17.3 Å². The van der Waals surface area contributed by atoms with Gasteiger partial charge in [0.05, 0.1) is 5.56 Å². The van der Waals surface area contributed by atoms with E-state index in [1.807, 2.05) is 12.1 Å². The average molecular weight is 254 g/mol. The van der Waals surface area contributed by atoms with Gasteiger partial charge in [-0.25, -0.2) is 13.8 Å². The minimum atomic E-state index is -0.664. The number of benzene rings is 1. The third kappa shape index (κ3) is 2.18. The fourth-order valence-corrected chi connectivity index (χ4v) is 1.76. The lowest BCUT2D eigenvalue weighted by atomic mass is 10.1. The predicted molar refractivity (Wildman–Crippen MR) is 68.4 cm³/mol. The highest BCUT2D eigenvalue weighted by atomic mass is 19.1. The molecule has 0 saturated heterocycles. The molecule has 19 heavy (non-hydrogen) atoms. The molecule has 0 aliphatic carbocycles. The number of pyridine rings is 1. The summed E-state index contributed by atoms with van der Waals surface area (Å²) in [5, 5.41) is 0.904. The fraction of sp³-hybridized carbons (Fsp3) is 0. The van der Waals surface area contributed by atoms with Crippen LogP contribution in [0.3, 0.4) is 0 Å². The molecule has 0 radical (unpaired) electrons. The van der Waals surface area contributed by atoms with Crippen molar-refractivity contribution in [2.45, 2.75) is 0 Å². The Morgan fingerprint density at radius 3 is 2.63 bits per heavy atom. The lowest BCUT2D eigenvalue weighted by Gasteiger charge is -1.95. The summed E-state index contributed by atoms with van der Waals surface area (Å²) in [7, 11) is 0. The van der Waals surface area contributed by atoms with Gasteiger partial charge in [0, 0.05) is 23.3 Å². The van der Waals surface area contributed by atoms with Crippen molar-refractivity contribution in [2.75, 3.05) is 0 Å². The van der Waals surface area contributed by atoms with E-state index in [2.05, 4.69) is 21.8 Å². The molecule has 0 atom stereocenters. The zero-order chi connectivity index (χ0) is 13.2. The number of hydrogen-bond donors (Lipinski definition) is 1. The van der Waals surface area contributed by atoms with Crippen LogP contribution in [0.2, 0.25) is 0 Å². The Balaban J connectivity index is 2.03. The molecule has 3 rings (SSSR count). The number of rotatable bonds is 0. The summed E-state index contributed by atoms with van der Waals surface area (Å²) in [6, 6.07) is 7.34. The van der Waals surface area contributed by atoms with Crippen LogP contribution >= 0.6 is 0 Å². The van der Waals surface area contributed by atoms with Crippen LogP contribution in [0.25, 0.3) is 11.0 Å². The van der Waals surface area contributed by atoms with Crippen molar-refractivity contribution >= 4 is 11.0 Å². The Hall–Kier alpha value is -2.67. The van der Waals surface area contributed by atoms with Gasteiger partial charge in [0.2, 0.25) is 0 Å². The van der Waals surface area contributed by atoms with E-state index in [-0.39, 0.29) is 5.56 Å². The first kappa shape index (κ1) is 11.4. The van der Waals surface area contributed by atoms with Crippen LogP contribution in [0.5, 0.6) is 0 Å². The van der Waals surface area contributed by atoms with Gasteiger partial charge in [-0.15, -0.1) is 0 Å². The first-order chi connectivity index (χ1) is 9.24. The SMILES string of the molecule is Fc1cccc(F)c1C#Cc1cnc2[nH]ccc2c1. The van der Waals surface area contributed by atoms with Crippen molar-refractivity contribution in [3.8, 4) is 11.8 Å². The van der Waals surface area contributed by atoms with E-state index < -0.39 is 11.6 Å². The van der Waals surface area contributed by atoms with Gasteiger partial charge in [-0.2, -0.15) is 0 Å². The van der Waals surface area contributed by atoms with Gasteiger partial charge < -0.3 is 4.98 Å². The number of hydrogen-bond acceptors (Lipinski definition) is 1. The Bertz CT molecular complexity index is 789. The van der Waals surface area contributed by atoms with Gasteiger partial charge in [0.25, 0.3) is 0 Å². The Labute approximate surface area is 108 Å². The molecule has 2 heterocycles. The van der Waals surface area contributed by atoms with Crippen LogP contribution in [0.15, 0.2) is 42.7 Å². The summed E-state index contributed by atoms with van der Waals surface area (Å²) in [5.74, 6) is 3.89. The maximum atomic E-state index is 13.4. The van der Waals surface area contributed by atoms with Gasteiger partial charge in [-0.05, 0) is 24.3 Å². The molecule has 0 unspecified atom stereocenters. The number of nitrogens with zero attached hydrogens (tertiary/aromatic N) is 1. The first-order valence-electron chi connectivity index (χ1n) is 5.63. The second kappa shape index (κ2) is 4.54. The minimum absolute atomic E-state index is 0.225. The van der Waals surface area contributed by atoms with E-state index in [9.17, 15) is 8.78 Å². The summed E-state index contributed by atoms with van der Waals surface area (Å²) in [6.45, 7) is 0. The number of halogens is 2. The monoisotopic (exact) mass is 254 g/mol. The van der Waals surface area contributed by atoms with E-state index >= 15 is 0 Å². The predicted octanol–water partition coefficient (Wildman–Crippen LogP) is 3.24. The van der Waals surface area contributed by atoms with Crippen molar-refractivity contribution in [1.29, 1.82) is 0 Å². The second-order valence-electron chi connectivity index (χ2n) is 3.99. The smallest absolute Gasteiger partial charge is 0.141 e. The van der Waals surface area contributed by atoms with E-state index in [0.717, 1.165) is 11.0 Å². The third-order valence-electron chi connectivity index (χ3n) is 2.69. The number of nitrogens with one attached hydrogen (secondary N) is 1. The standard InChI is InChI=1S/C15H8F2N2/c16-13-2-1-3-14(17)12(13)5-4-10-8-11-6-7-18-15(11)19-9-10/h1-3,6-9H,(H,18,19). The van der Waals surface area contributed by atoms with Crippen LogP contribution in [0, 0.1) is 23.5 Å². The normalized spacial score (nSPS) is 10.2. The summed E-state index contributed by atoms with van der Waals surface area (Å²) < 4.78 is 26.8. The number of aromatic amines is 1. The molecule has 4 heteroatoms. The number of aromatic nitrogens is 2. The summed E-state index contributed by atoms with van der Waals surface area (Å²) in [4.78, 5) is 7.11. The molecule has 0 bridgehead atoms. The minimum Gasteiger partial charge on any atom is -0.346 e. The summed E-state index contributed by atoms with van der Waals surface area (Å²) in [6.07, 6.45) is 3.33. The number of fused-ring (bicyclic) bond motifs is 1. The van der Waals surface area contributed by atoms with E-state index in [4.69, 9.17) is 0 Å². The molecule has 1 aromatic carbocycles. The van der Waals surface area contributed by atoms with Crippen LogP contribution in [0.1, 0.15) is 11.1 Å². The van der Waals surface area contributed by atoms with Crippen molar-refractivity contribution in [3.63, 3.8) is 0 Å². The van der Waals surface area contributed by atoms with Crippen molar-refractivity contribution in [1.82, 2.24) is 9.97 Å². The molecule has 3 aromatic rings. The van der Waals surface area contributed by atoms with E-state index in [1.54, 1.807) is 12.4 Å².